The number of amides is 2. The van der Waals surface area contributed by atoms with Crippen molar-refractivity contribution in [2.24, 2.45) is 0 Å². The quantitative estimate of drug-likeness (QED) is 0.551. The van der Waals surface area contributed by atoms with Gasteiger partial charge in [-0.15, -0.1) is 0 Å². The third-order valence-electron chi connectivity index (χ3n) is 5.73. The van der Waals surface area contributed by atoms with E-state index in [1.54, 1.807) is 60.9 Å². The summed E-state index contributed by atoms with van der Waals surface area (Å²) in [6, 6.07) is 12.1. The van der Waals surface area contributed by atoms with E-state index in [-0.39, 0.29) is 17.7 Å². The molecule has 1 unspecified atom stereocenters. The highest BCUT2D eigenvalue weighted by molar-refractivity contribution is 6.08. The van der Waals surface area contributed by atoms with Crippen LogP contribution in [0.4, 0.5) is 5.69 Å². The van der Waals surface area contributed by atoms with Gasteiger partial charge in [0.05, 0.1) is 18.9 Å². The Balaban J connectivity index is 1.78. The van der Waals surface area contributed by atoms with Crippen LogP contribution in [-0.2, 0) is 9.53 Å². The number of carbonyl (C=O) groups excluding carboxylic acids is 3. The molecule has 1 aliphatic carbocycles. The Kier molecular flexibility index (Phi) is 6.83. The van der Waals surface area contributed by atoms with E-state index in [0.29, 0.717) is 16.8 Å². The number of rotatable bonds is 7. The minimum Gasteiger partial charge on any atom is -0.465 e. The number of pyridine rings is 1. The number of hydrogen-bond donors (Lipinski definition) is 1. The first-order valence-electron chi connectivity index (χ1n) is 10.8. The number of nitrogens with zero attached hydrogens (tertiary/aromatic N) is 2. The minimum atomic E-state index is -0.985. The van der Waals surface area contributed by atoms with Gasteiger partial charge in [0.2, 0.25) is 5.91 Å². The van der Waals surface area contributed by atoms with Crippen molar-refractivity contribution < 1.29 is 23.5 Å². The van der Waals surface area contributed by atoms with Gasteiger partial charge in [-0.3, -0.25) is 19.5 Å². The SMILES string of the molecule is COC(=O)c1ccc(N(C(=O)c2ccco2)C(C(=O)NC2CCCC2)c2cccnc2)cc1. The van der Waals surface area contributed by atoms with Crippen LogP contribution in [0.15, 0.2) is 71.6 Å². The molecular formula is C25H25N3O5. The predicted molar refractivity (Wildman–Crippen MR) is 121 cm³/mol. The van der Waals surface area contributed by atoms with Crippen molar-refractivity contribution in [2.45, 2.75) is 37.8 Å². The zero-order valence-electron chi connectivity index (χ0n) is 18.3. The van der Waals surface area contributed by atoms with Crippen molar-refractivity contribution >= 4 is 23.5 Å². The molecule has 8 nitrogen and oxygen atoms in total. The number of esters is 1. The van der Waals surface area contributed by atoms with Crippen LogP contribution in [0.3, 0.4) is 0 Å². The first-order chi connectivity index (χ1) is 16.1. The molecule has 1 aromatic carbocycles. The van der Waals surface area contributed by atoms with Gasteiger partial charge in [-0.25, -0.2) is 4.79 Å². The number of ether oxygens (including phenoxy) is 1. The fourth-order valence-corrected chi connectivity index (χ4v) is 4.08. The summed E-state index contributed by atoms with van der Waals surface area (Å²) in [6.07, 6.45) is 8.53. The molecule has 4 rings (SSSR count). The normalized spacial score (nSPS) is 14.5. The second kappa shape index (κ2) is 10.1. The molecule has 2 heterocycles. The van der Waals surface area contributed by atoms with Gasteiger partial charge >= 0.3 is 5.97 Å². The molecule has 8 heteroatoms. The van der Waals surface area contributed by atoms with Crippen molar-refractivity contribution in [1.82, 2.24) is 10.3 Å². The van der Waals surface area contributed by atoms with E-state index in [1.807, 2.05) is 0 Å². The van der Waals surface area contributed by atoms with E-state index >= 15 is 0 Å². The Bertz CT molecular complexity index is 1090. The fourth-order valence-electron chi connectivity index (χ4n) is 4.08. The second-order valence-corrected chi connectivity index (χ2v) is 7.87. The van der Waals surface area contributed by atoms with E-state index in [4.69, 9.17) is 9.15 Å². The first kappa shape index (κ1) is 22.3. The molecule has 170 valence electrons. The number of carbonyl (C=O) groups is 3. The molecule has 0 spiro atoms. The van der Waals surface area contributed by atoms with Gasteiger partial charge in [-0.05, 0) is 55.3 Å². The van der Waals surface area contributed by atoms with Crippen LogP contribution in [0.25, 0.3) is 0 Å². The summed E-state index contributed by atoms with van der Waals surface area (Å²) in [4.78, 5) is 44.6. The van der Waals surface area contributed by atoms with Crippen molar-refractivity contribution in [2.75, 3.05) is 12.0 Å². The summed E-state index contributed by atoms with van der Waals surface area (Å²) < 4.78 is 10.1. The zero-order valence-corrected chi connectivity index (χ0v) is 18.3. The lowest BCUT2D eigenvalue weighted by Crippen LogP contribution is -2.46. The Morgan fingerprint density at radius 3 is 2.45 bits per heavy atom. The molecule has 1 fully saturated rings. The molecule has 1 N–H and O–H groups in total. The molecule has 1 atom stereocenters. The largest absolute Gasteiger partial charge is 0.465 e. The zero-order chi connectivity index (χ0) is 23.2. The summed E-state index contributed by atoms with van der Waals surface area (Å²) in [6.45, 7) is 0. The Morgan fingerprint density at radius 1 is 1.09 bits per heavy atom. The van der Waals surface area contributed by atoms with Gasteiger partial charge in [-0.2, -0.15) is 0 Å². The number of furan rings is 1. The summed E-state index contributed by atoms with van der Waals surface area (Å²) in [5.74, 6) is -1.18. The highest BCUT2D eigenvalue weighted by Gasteiger charge is 2.36. The number of aromatic nitrogens is 1. The summed E-state index contributed by atoms with van der Waals surface area (Å²) in [5, 5.41) is 3.10. The second-order valence-electron chi connectivity index (χ2n) is 7.87. The van der Waals surface area contributed by atoms with E-state index in [2.05, 4.69) is 10.3 Å². The molecular weight excluding hydrogens is 422 g/mol. The van der Waals surface area contributed by atoms with Gasteiger partial charge in [0.25, 0.3) is 5.91 Å². The lowest BCUT2D eigenvalue weighted by Gasteiger charge is -2.31. The fraction of sp³-hybridized carbons (Fsp3) is 0.280. The average molecular weight is 447 g/mol. The number of anilines is 1. The molecule has 0 radical (unpaired) electrons. The van der Waals surface area contributed by atoms with Crippen molar-refractivity contribution in [3.8, 4) is 0 Å². The monoisotopic (exact) mass is 447 g/mol. The molecule has 1 aliphatic rings. The minimum absolute atomic E-state index is 0.0685. The van der Waals surface area contributed by atoms with Crippen molar-refractivity contribution in [1.29, 1.82) is 0 Å². The van der Waals surface area contributed by atoms with Crippen LogP contribution in [0.1, 0.15) is 58.2 Å². The molecule has 0 bridgehead atoms. The number of benzene rings is 1. The van der Waals surface area contributed by atoms with Crippen molar-refractivity contribution in [3.63, 3.8) is 0 Å². The Labute approximate surface area is 191 Å². The van der Waals surface area contributed by atoms with Crippen LogP contribution >= 0.6 is 0 Å². The third kappa shape index (κ3) is 4.95. The summed E-state index contributed by atoms with van der Waals surface area (Å²) in [7, 11) is 1.30. The predicted octanol–water partition coefficient (Wildman–Crippen LogP) is 3.91. The lowest BCUT2D eigenvalue weighted by molar-refractivity contribution is -0.123. The van der Waals surface area contributed by atoms with Gasteiger partial charge < -0.3 is 14.5 Å². The van der Waals surface area contributed by atoms with Crippen LogP contribution < -0.4 is 10.2 Å². The summed E-state index contributed by atoms with van der Waals surface area (Å²) in [5.41, 5.74) is 1.32. The molecule has 0 saturated heterocycles. The Morgan fingerprint density at radius 2 is 1.85 bits per heavy atom. The van der Waals surface area contributed by atoms with E-state index < -0.39 is 17.9 Å². The smallest absolute Gasteiger partial charge is 0.337 e. The van der Waals surface area contributed by atoms with Crippen LogP contribution in [0.2, 0.25) is 0 Å². The highest BCUT2D eigenvalue weighted by Crippen LogP contribution is 2.31. The molecule has 2 aromatic heterocycles. The molecule has 1 saturated carbocycles. The molecule has 33 heavy (non-hydrogen) atoms. The van der Waals surface area contributed by atoms with Crippen LogP contribution in [-0.4, -0.2) is 35.9 Å². The maximum absolute atomic E-state index is 13.6. The van der Waals surface area contributed by atoms with Gasteiger partial charge in [0, 0.05) is 29.7 Å². The number of hydrogen-bond acceptors (Lipinski definition) is 6. The topological polar surface area (TPSA) is 102 Å². The van der Waals surface area contributed by atoms with E-state index in [9.17, 15) is 14.4 Å². The first-order valence-corrected chi connectivity index (χ1v) is 10.8. The van der Waals surface area contributed by atoms with Crippen LogP contribution in [0, 0.1) is 0 Å². The summed E-state index contributed by atoms with van der Waals surface area (Å²) >= 11 is 0. The van der Waals surface area contributed by atoms with Crippen LogP contribution in [0.5, 0.6) is 0 Å². The molecule has 2 amide bonds. The van der Waals surface area contributed by atoms with Gasteiger partial charge in [-0.1, -0.05) is 18.9 Å². The lowest BCUT2D eigenvalue weighted by atomic mass is 10.0. The van der Waals surface area contributed by atoms with E-state index in [0.717, 1.165) is 25.7 Å². The highest BCUT2D eigenvalue weighted by atomic mass is 16.5. The average Bonchev–Trinajstić information content (AvgIpc) is 3.57. The maximum Gasteiger partial charge on any atom is 0.337 e. The Hall–Kier alpha value is -3.94. The number of methoxy groups -OCH3 is 1. The maximum atomic E-state index is 13.6. The third-order valence-corrected chi connectivity index (χ3v) is 5.73. The standard InChI is InChI=1S/C25H25N3O5/c1-32-25(31)17-10-12-20(13-11-17)28(24(30)21-9-5-15-33-21)22(18-6-4-14-26-16-18)23(29)27-19-7-2-3-8-19/h4-6,9-16,19,22H,2-3,7-8H2,1H3,(H,27,29). The van der Waals surface area contributed by atoms with Crippen molar-refractivity contribution in [3.05, 3.63) is 84.1 Å². The molecule has 0 aliphatic heterocycles. The van der Waals surface area contributed by atoms with E-state index in [1.165, 1.54) is 18.3 Å². The molecule has 3 aromatic rings. The van der Waals surface area contributed by atoms with Gasteiger partial charge in [0.15, 0.2) is 5.76 Å². The van der Waals surface area contributed by atoms with Gasteiger partial charge in [0.1, 0.15) is 6.04 Å². The number of nitrogens with one attached hydrogen (secondary N) is 1.